The summed E-state index contributed by atoms with van der Waals surface area (Å²) in [6, 6.07) is 0. The fourth-order valence-electron chi connectivity index (χ4n) is 1.34. The van der Waals surface area contributed by atoms with Crippen LogP contribution in [0.4, 0.5) is 0 Å². The van der Waals surface area contributed by atoms with E-state index in [0.29, 0.717) is 11.0 Å². The van der Waals surface area contributed by atoms with Crippen LogP contribution in [0.15, 0.2) is 0 Å². The molecule has 1 atom stereocenters. The number of ether oxygens (including phenoxy) is 1. The standard InChI is InChI=1S/C12H26NO3/c1-7-13(5,6)9-10(14)8-11(15)16-12(2,3)4/h10,14H,7-9H2,1-6H3/q+1. The zero-order valence-corrected chi connectivity index (χ0v) is 11.4. The minimum absolute atomic E-state index is 0.0684. The van der Waals surface area contributed by atoms with Crippen molar-refractivity contribution in [1.29, 1.82) is 0 Å². The summed E-state index contributed by atoms with van der Waals surface area (Å²) >= 11 is 0. The van der Waals surface area contributed by atoms with Gasteiger partial charge < -0.3 is 14.3 Å². The molecule has 4 nitrogen and oxygen atoms in total. The Morgan fingerprint density at radius 2 is 1.88 bits per heavy atom. The zero-order chi connectivity index (χ0) is 13.0. The molecular weight excluding hydrogens is 206 g/mol. The normalized spacial score (nSPS) is 14.7. The molecule has 0 heterocycles. The van der Waals surface area contributed by atoms with E-state index in [9.17, 15) is 9.90 Å². The Labute approximate surface area is 98.8 Å². The number of likely N-dealkylation sites (N-methyl/N-ethyl adjacent to an activating group) is 1. The van der Waals surface area contributed by atoms with E-state index in [1.54, 1.807) is 0 Å². The molecule has 96 valence electrons. The van der Waals surface area contributed by atoms with E-state index in [4.69, 9.17) is 4.74 Å². The molecule has 0 saturated heterocycles. The first-order chi connectivity index (χ1) is 7.06. The molecule has 0 aromatic carbocycles. The summed E-state index contributed by atoms with van der Waals surface area (Å²) in [7, 11) is 4.05. The fourth-order valence-corrected chi connectivity index (χ4v) is 1.34. The number of hydrogen-bond donors (Lipinski definition) is 1. The predicted molar refractivity (Wildman–Crippen MR) is 64.0 cm³/mol. The third kappa shape index (κ3) is 7.65. The molecule has 0 aliphatic heterocycles. The van der Waals surface area contributed by atoms with Crippen LogP contribution in [0.5, 0.6) is 0 Å². The van der Waals surface area contributed by atoms with Crippen LogP contribution in [0.3, 0.4) is 0 Å². The number of hydrogen-bond acceptors (Lipinski definition) is 3. The molecule has 1 unspecified atom stereocenters. The number of esters is 1. The van der Waals surface area contributed by atoms with Crippen LogP contribution < -0.4 is 0 Å². The van der Waals surface area contributed by atoms with Crippen LogP contribution in [0.25, 0.3) is 0 Å². The first-order valence-electron chi connectivity index (χ1n) is 5.77. The van der Waals surface area contributed by atoms with E-state index in [0.717, 1.165) is 6.54 Å². The van der Waals surface area contributed by atoms with Crippen molar-refractivity contribution < 1.29 is 19.1 Å². The highest BCUT2D eigenvalue weighted by Crippen LogP contribution is 2.10. The Morgan fingerprint density at radius 1 is 1.38 bits per heavy atom. The van der Waals surface area contributed by atoms with Crippen molar-refractivity contribution >= 4 is 5.97 Å². The van der Waals surface area contributed by atoms with E-state index in [2.05, 4.69) is 6.92 Å². The molecule has 0 spiro atoms. The smallest absolute Gasteiger partial charge is 0.309 e. The minimum atomic E-state index is -0.634. The third-order valence-electron chi connectivity index (χ3n) is 2.38. The van der Waals surface area contributed by atoms with Crippen LogP contribution in [-0.2, 0) is 9.53 Å². The van der Waals surface area contributed by atoms with Gasteiger partial charge in [0.2, 0.25) is 0 Å². The lowest BCUT2D eigenvalue weighted by atomic mass is 10.2. The minimum Gasteiger partial charge on any atom is -0.460 e. The first-order valence-corrected chi connectivity index (χ1v) is 5.77. The summed E-state index contributed by atoms with van der Waals surface area (Å²) in [6.45, 7) is 9.01. The van der Waals surface area contributed by atoms with Crippen molar-refractivity contribution in [3.63, 3.8) is 0 Å². The van der Waals surface area contributed by atoms with Crippen molar-refractivity contribution in [2.75, 3.05) is 27.2 Å². The third-order valence-corrected chi connectivity index (χ3v) is 2.38. The van der Waals surface area contributed by atoms with Crippen LogP contribution in [0.2, 0.25) is 0 Å². The molecule has 0 aliphatic carbocycles. The summed E-state index contributed by atoms with van der Waals surface area (Å²) < 4.78 is 5.85. The molecule has 0 fully saturated rings. The highest BCUT2D eigenvalue weighted by atomic mass is 16.6. The summed E-state index contributed by atoms with van der Waals surface area (Å²) in [5, 5.41) is 9.77. The Morgan fingerprint density at radius 3 is 2.25 bits per heavy atom. The Bertz CT molecular complexity index is 231. The monoisotopic (exact) mass is 232 g/mol. The quantitative estimate of drug-likeness (QED) is 0.572. The van der Waals surface area contributed by atoms with E-state index in [1.807, 2.05) is 34.9 Å². The van der Waals surface area contributed by atoms with Gasteiger partial charge in [0.05, 0.1) is 27.1 Å². The number of nitrogens with zero attached hydrogens (tertiary/aromatic N) is 1. The van der Waals surface area contributed by atoms with Gasteiger partial charge in [0, 0.05) is 0 Å². The van der Waals surface area contributed by atoms with E-state index in [1.165, 1.54) is 0 Å². The maximum atomic E-state index is 11.5. The number of quaternary nitrogens is 1. The molecule has 16 heavy (non-hydrogen) atoms. The second-order valence-electron chi connectivity index (χ2n) is 5.88. The van der Waals surface area contributed by atoms with Crippen LogP contribution in [0, 0.1) is 0 Å². The Balaban J connectivity index is 4.06. The molecule has 1 N–H and O–H groups in total. The van der Waals surface area contributed by atoms with Gasteiger partial charge in [-0.3, -0.25) is 4.79 Å². The number of aliphatic hydroxyl groups is 1. The predicted octanol–water partition coefficient (Wildman–Crippen LogP) is 1.18. The van der Waals surface area contributed by atoms with Gasteiger partial charge in [-0.25, -0.2) is 0 Å². The van der Waals surface area contributed by atoms with E-state index < -0.39 is 11.7 Å². The van der Waals surface area contributed by atoms with Crippen molar-refractivity contribution in [2.45, 2.75) is 45.8 Å². The SMILES string of the molecule is CC[N+](C)(C)CC(O)CC(=O)OC(C)(C)C. The second kappa shape index (κ2) is 5.64. The largest absolute Gasteiger partial charge is 0.460 e. The molecule has 0 saturated carbocycles. The Hall–Kier alpha value is -0.610. The number of carbonyl (C=O) groups is 1. The zero-order valence-electron chi connectivity index (χ0n) is 11.4. The van der Waals surface area contributed by atoms with Gasteiger partial charge in [-0.1, -0.05) is 0 Å². The molecule has 0 aromatic heterocycles. The summed E-state index contributed by atoms with van der Waals surface area (Å²) in [6.07, 6.45) is -0.566. The first kappa shape index (κ1) is 15.4. The topological polar surface area (TPSA) is 46.5 Å². The number of rotatable bonds is 5. The number of carbonyl (C=O) groups excluding carboxylic acids is 1. The van der Waals surface area contributed by atoms with E-state index in [-0.39, 0.29) is 12.4 Å². The maximum absolute atomic E-state index is 11.5. The lowest BCUT2D eigenvalue weighted by Gasteiger charge is -2.30. The van der Waals surface area contributed by atoms with Crippen LogP contribution in [-0.4, -0.2) is 54.4 Å². The van der Waals surface area contributed by atoms with E-state index >= 15 is 0 Å². The molecule has 0 aliphatic rings. The number of aliphatic hydroxyl groups excluding tert-OH is 1. The van der Waals surface area contributed by atoms with Crippen LogP contribution in [0.1, 0.15) is 34.1 Å². The van der Waals surface area contributed by atoms with Crippen molar-refractivity contribution in [3.8, 4) is 0 Å². The van der Waals surface area contributed by atoms with Gasteiger partial charge >= 0.3 is 5.97 Å². The highest BCUT2D eigenvalue weighted by Gasteiger charge is 2.24. The Kier molecular flexibility index (Phi) is 5.42. The van der Waals surface area contributed by atoms with Crippen molar-refractivity contribution in [2.24, 2.45) is 0 Å². The fraction of sp³-hybridized carbons (Fsp3) is 0.917. The lowest BCUT2D eigenvalue weighted by molar-refractivity contribution is -0.891. The van der Waals surface area contributed by atoms with Gasteiger partial charge in [0.15, 0.2) is 0 Å². The summed E-state index contributed by atoms with van der Waals surface area (Å²) in [5.41, 5.74) is -0.480. The molecule has 0 amide bonds. The molecule has 4 heteroatoms. The maximum Gasteiger partial charge on any atom is 0.309 e. The second-order valence-corrected chi connectivity index (χ2v) is 5.88. The summed E-state index contributed by atoms with van der Waals surface area (Å²) in [4.78, 5) is 11.5. The van der Waals surface area contributed by atoms with Gasteiger partial charge in [-0.2, -0.15) is 0 Å². The van der Waals surface area contributed by atoms with Gasteiger partial charge in [-0.05, 0) is 27.7 Å². The highest BCUT2D eigenvalue weighted by molar-refractivity contribution is 5.70. The van der Waals surface area contributed by atoms with Gasteiger partial charge in [0.1, 0.15) is 18.2 Å². The molecule has 0 aromatic rings. The molecule has 0 radical (unpaired) electrons. The average molecular weight is 232 g/mol. The molecule has 0 bridgehead atoms. The van der Waals surface area contributed by atoms with Crippen LogP contribution >= 0.6 is 0 Å². The lowest BCUT2D eigenvalue weighted by Crippen LogP contribution is -2.45. The average Bonchev–Trinajstić information content (AvgIpc) is 1.98. The van der Waals surface area contributed by atoms with Gasteiger partial charge in [0.25, 0.3) is 0 Å². The molecular formula is C12H26NO3+. The molecule has 0 rings (SSSR count). The van der Waals surface area contributed by atoms with Crippen molar-refractivity contribution in [3.05, 3.63) is 0 Å². The van der Waals surface area contributed by atoms with Crippen molar-refractivity contribution in [1.82, 2.24) is 0 Å². The van der Waals surface area contributed by atoms with Gasteiger partial charge in [-0.15, -0.1) is 0 Å². The summed E-state index contributed by atoms with van der Waals surface area (Å²) in [5.74, 6) is -0.337.